The van der Waals surface area contributed by atoms with Crippen molar-refractivity contribution in [2.24, 2.45) is 5.92 Å². The number of aromatic nitrogens is 2. The molecule has 0 atom stereocenters. The minimum atomic E-state index is 0.157. The second-order valence-corrected chi connectivity index (χ2v) is 8.43. The van der Waals surface area contributed by atoms with Gasteiger partial charge in [0.1, 0.15) is 5.82 Å². The Labute approximate surface area is 182 Å². The lowest BCUT2D eigenvalue weighted by molar-refractivity contribution is -0.120. The maximum Gasteiger partial charge on any atom is 0.227 e. The summed E-state index contributed by atoms with van der Waals surface area (Å²) in [7, 11) is 0. The average molecular weight is 417 g/mol. The highest BCUT2D eigenvalue weighted by molar-refractivity contribution is 5.93. The normalized spacial score (nSPS) is 17.6. The summed E-state index contributed by atoms with van der Waals surface area (Å²) in [4.78, 5) is 24.1. The second kappa shape index (κ2) is 9.02. The summed E-state index contributed by atoms with van der Waals surface area (Å²) >= 11 is 0. The Hall–Kier alpha value is -2.99. The van der Waals surface area contributed by atoms with Gasteiger partial charge in [-0.1, -0.05) is 37.5 Å². The lowest BCUT2D eigenvalue weighted by Gasteiger charge is -2.27. The molecule has 6 heteroatoms. The molecular weight excluding hydrogens is 388 g/mol. The molecule has 0 unspecified atom stereocenters. The Bertz CT molecular complexity index is 1050. The minimum absolute atomic E-state index is 0.157. The second-order valence-electron chi connectivity index (χ2n) is 8.43. The number of amides is 1. The van der Waals surface area contributed by atoms with Gasteiger partial charge in [-0.3, -0.25) is 9.78 Å². The zero-order valence-corrected chi connectivity index (χ0v) is 17.7. The van der Waals surface area contributed by atoms with Gasteiger partial charge in [0.2, 0.25) is 5.91 Å². The highest BCUT2D eigenvalue weighted by atomic mass is 16.5. The number of anilines is 2. The Morgan fingerprint density at radius 3 is 2.45 bits per heavy atom. The van der Waals surface area contributed by atoms with Gasteiger partial charge < -0.3 is 15.0 Å². The molecule has 2 fully saturated rings. The number of carbonyl (C=O) groups is 1. The monoisotopic (exact) mass is 416 g/mol. The van der Waals surface area contributed by atoms with Gasteiger partial charge in [-0.05, 0) is 48.2 Å². The van der Waals surface area contributed by atoms with Crippen molar-refractivity contribution in [1.29, 1.82) is 0 Å². The van der Waals surface area contributed by atoms with Gasteiger partial charge in [-0.2, -0.15) is 0 Å². The molecule has 2 aliphatic rings. The van der Waals surface area contributed by atoms with Gasteiger partial charge in [0, 0.05) is 24.7 Å². The lowest BCUT2D eigenvalue weighted by Crippen LogP contribution is -2.36. The minimum Gasteiger partial charge on any atom is -0.378 e. The van der Waals surface area contributed by atoms with Crippen molar-refractivity contribution in [2.75, 3.05) is 36.5 Å². The lowest BCUT2D eigenvalue weighted by atomic mass is 9.88. The molecule has 1 aromatic heterocycles. The van der Waals surface area contributed by atoms with Crippen molar-refractivity contribution in [1.82, 2.24) is 9.97 Å². The quantitative estimate of drug-likeness (QED) is 0.670. The van der Waals surface area contributed by atoms with Crippen LogP contribution in [0.25, 0.3) is 22.2 Å². The molecule has 0 bridgehead atoms. The molecule has 31 heavy (non-hydrogen) atoms. The van der Waals surface area contributed by atoms with Gasteiger partial charge >= 0.3 is 0 Å². The zero-order valence-electron chi connectivity index (χ0n) is 17.7. The van der Waals surface area contributed by atoms with Gasteiger partial charge in [-0.15, -0.1) is 0 Å². The van der Waals surface area contributed by atoms with E-state index in [1.54, 1.807) is 0 Å². The van der Waals surface area contributed by atoms with E-state index in [0.717, 1.165) is 85.7 Å². The van der Waals surface area contributed by atoms with E-state index >= 15 is 0 Å². The molecule has 1 N–H and O–H groups in total. The summed E-state index contributed by atoms with van der Waals surface area (Å²) in [6, 6.07) is 14.2. The maximum absolute atomic E-state index is 12.5. The van der Waals surface area contributed by atoms with E-state index in [2.05, 4.69) is 39.5 Å². The van der Waals surface area contributed by atoms with Crippen LogP contribution in [0.4, 0.5) is 11.5 Å². The van der Waals surface area contributed by atoms with Gasteiger partial charge in [0.05, 0.1) is 30.4 Å². The SMILES string of the molecule is O=C(Nc1ccc(-c2ccc3ncc(N4CCOCC4)nc3c2)cc1)C1CCCCC1. The molecule has 0 radical (unpaired) electrons. The number of hydrogen-bond donors (Lipinski definition) is 1. The number of hydrogen-bond acceptors (Lipinski definition) is 5. The summed E-state index contributed by atoms with van der Waals surface area (Å²) in [5.74, 6) is 1.21. The molecule has 5 rings (SSSR count). The van der Waals surface area contributed by atoms with E-state index in [4.69, 9.17) is 9.72 Å². The standard InChI is InChI=1S/C25H28N4O2/c30-25(19-4-2-1-3-5-19)27-21-9-6-18(7-10-21)20-8-11-22-23(16-20)28-24(17-26-22)29-12-14-31-15-13-29/h6-11,16-17,19H,1-5,12-15H2,(H,27,30). The molecule has 1 saturated carbocycles. The fourth-order valence-electron chi connectivity index (χ4n) is 4.48. The van der Waals surface area contributed by atoms with Crippen LogP contribution in [0.1, 0.15) is 32.1 Å². The fourth-order valence-corrected chi connectivity index (χ4v) is 4.48. The van der Waals surface area contributed by atoms with Crippen LogP contribution >= 0.6 is 0 Å². The van der Waals surface area contributed by atoms with Crippen molar-refractivity contribution in [3.05, 3.63) is 48.7 Å². The smallest absolute Gasteiger partial charge is 0.227 e. The predicted octanol–water partition coefficient (Wildman–Crippen LogP) is 4.65. The number of fused-ring (bicyclic) bond motifs is 1. The predicted molar refractivity (Wildman–Crippen MR) is 123 cm³/mol. The first kappa shape index (κ1) is 19.9. The summed E-state index contributed by atoms with van der Waals surface area (Å²) in [5.41, 5.74) is 4.81. The van der Waals surface area contributed by atoms with E-state index in [0.29, 0.717) is 0 Å². The molecule has 1 aliphatic carbocycles. The molecule has 2 aromatic carbocycles. The number of rotatable bonds is 4. The number of morpholine rings is 1. The van der Waals surface area contributed by atoms with Crippen LogP contribution in [0.2, 0.25) is 0 Å². The van der Waals surface area contributed by atoms with Crippen LogP contribution < -0.4 is 10.2 Å². The van der Waals surface area contributed by atoms with Crippen LogP contribution in [0.15, 0.2) is 48.7 Å². The summed E-state index contributed by atoms with van der Waals surface area (Å²) in [5, 5.41) is 3.09. The third kappa shape index (κ3) is 4.54. The molecule has 6 nitrogen and oxygen atoms in total. The summed E-state index contributed by atoms with van der Waals surface area (Å²) in [6.45, 7) is 3.13. The fraction of sp³-hybridized carbons (Fsp3) is 0.400. The van der Waals surface area contributed by atoms with E-state index in [1.165, 1.54) is 6.42 Å². The number of ether oxygens (including phenoxy) is 1. The van der Waals surface area contributed by atoms with Crippen molar-refractivity contribution >= 4 is 28.4 Å². The topological polar surface area (TPSA) is 67.4 Å². The molecule has 1 amide bonds. The van der Waals surface area contributed by atoms with Crippen molar-refractivity contribution in [2.45, 2.75) is 32.1 Å². The Balaban J connectivity index is 1.33. The number of nitrogens with zero attached hydrogens (tertiary/aromatic N) is 3. The number of carbonyl (C=O) groups excluding carboxylic acids is 1. The Morgan fingerprint density at radius 2 is 1.68 bits per heavy atom. The van der Waals surface area contributed by atoms with E-state index in [1.807, 2.05) is 24.4 Å². The van der Waals surface area contributed by atoms with Gasteiger partial charge in [-0.25, -0.2) is 4.98 Å². The number of benzene rings is 2. The first-order chi connectivity index (χ1) is 15.3. The van der Waals surface area contributed by atoms with Crippen molar-refractivity contribution < 1.29 is 9.53 Å². The third-order valence-corrected chi connectivity index (χ3v) is 6.33. The highest BCUT2D eigenvalue weighted by Crippen LogP contribution is 2.27. The Morgan fingerprint density at radius 1 is 0.935 bits per heavy atom. The van der Waals surface area contributed by atoms with Crippen LogP contribution in [-0.2, 0) is 9.53 Å². The third-order valence-electron chi connectivity index (χ3n) is 6.33. The van der Waals surface area contributed by atoms with Crippen LogP contribution in [-0.4, -0.2) is 42.2 Å². The van der Waals surface area contributed by atoms with Crippen molar-refractivity contribution in [3.63, 3.8) is 0 Å². The van der Waals surface area contributed by atoms with Crippen LogP contribution in [0.3, 0.4) is 0 Å². The summed E-state index contributed by atoms with van der Waals surface area (Å²) < 4.78 is 5.44. The van der Waals surface area contributed by atoms with Crippen LogP contribution in [0, 0.1) is 5.92 Å². The van der Waals surface area contributed by atoms with Crippen molar-refractivity contribution in [3.8, 4) is 11.1 Å². The first-order valence-electron chi connectivity index (χ1n) is 11.3. The molecule has 0 spiro atoms. The maximum atomic E-state index is 12.5. The highest BCUT2D eigenvalue weighted by Gasteiger charge is 2.21. The molecule has 1 saturated heterocycles. The molecule has 3 aromatic rings. The number of nitrogens with one attached hydrogen (secondary N) is 1. The first-order valence-corrected chi connectivity index (χ1v) is 11.3. The van der Waals surface area contributed by atoms with Gasteiger partial charge in [0.25, 0.3) is 0 Å². The molecular formula is C25H28N4O2. The van der Waals surface area contributed by atoms with Crippen LogP contribution in [0.5, 0.6) is 0 Å². The van der Waals surface area contributed by atoms with E-state index in [9.17, 15) is 4.79 Å². The average Bonchev–Trinajstić information content (AvgIpc) is 2.85. The molecule has 160 valence electrons. The molecule has 2 heterocycles. The van der Waals surface area contributed by atoms with E-state index < -0.39 is 0 Å². The molecule has 1 aliphatic heterocycles. The Kier molecular flexibility index (Phi) is 5.80. The zero-order chi connectivity index (χ0) is 21.0. The summed E-state index contributed by atoms with van der Waals surface area (Å²) in [6.07, 6.45) is 7.44. The largest absolute Gasteiger partial charge is 0.378 e. The van der Waals surface area contributed by atoms with E-state index in [-0.39, 0.29) is 11.8 Å². The van der Waals surface area contributed by atoms with Gasteiger partial charge in [0.15, 0.2) is 0 Å².